The number of rotatable bonds is 7. The number of aliphatic hydroxyl groups excluding tert-OH is 1. The third kappa shape index (κ3) is 5.01. The molecule has 2 saturated heterocycles. The van der Waals surface area contributed by atoms with Crippen molar-refractivity contribution in [2.75, 3.05) is 46.5 Å². The number of likely N-dealkylation sites (tertiary alicyclic amines) is 1. The molecule has 0 bridgehead atoms. The molecule has 2 heterocycles. The van der Waals surface area contributed by atoms with Crippen LogP contribution in [0.25, 0.3) is 5.76 Å². The lowest BCUT2D eigenvalue weighted by atomic mass is 9.95. The van der Waals surface area contributed by atoms with Crippen molar-refractivity contribution in [1.82, 2.24) is 9.80 Å². The summed E-state index contributed by atoms with van der Waals surface area (Å²) in [6.07, 6.45) is 0.661. The van der Waals surface area contributed by atoms with Gasteiger partial charge in [0.2, 0.25) is 0 Å². The number of nitrogens with zero attached hydrogens (tertiary/aromatic N) is 2. The highest BCUT2D eigenvalue weighted by molar-refractivity contribution is 9.10. The molecule has 1 atom stereocenters. The second-order valence-electron chi connectivity index (χ2n) is 8.20. The number of ketones is 1. The maximum atomic E-state index is 14.3. The van der Waals surface area contributed by atoms with Gasteiger partial charge in [0.05, 0.1) is 31.9 Å². The van der Waals surface area contributed by atoms with E-state index in [1.54, 1.807) is 12.1 Å². The number of benzene rings is 2. The van der Waals surface area contributed by atoms with Gasteiger partial charge in [-0.3, -0.25) is 14.5 Å². The van der Waals surface area contributed by atoms with Crippen molar-refractivity contribution in [2.24, 2.45) is 0 Å². The zero-order chi connectivity index (χ0) is 24.2. The highest BCUT2D eigenvalue weighted by Crippen LogP contribution is 2.40. The highest BCUT2D eigenvalue weighted by atomic mass is 79.9. The molecule has 4 rings (SSSR count). The van der Waals surface area contributed by atoms with E-state index in [-0.39, 0.29) is 16.9 Å². The average Bonchev–Trinajstić information content (AvgIpc) is 3.09. The molecule has 0 spiro atoms. The van der Waals surface area contributed by atoms with Crippen LogP contribution in [0.3, 0.4) is 0 Å². The Morgan fingerprint density at radius 1 is 1.18 bits per heavy atom. The lowest BCUT2D eigenvalue weighted by Gasteiger charge is -2.29. The smallest absolute Gasteiger partial charge is 0.295 e. The summed E-state index contributed by atoms with van der Waals surface area (Å²) in [6.45, 7) is 4.13. The van der Waals surface area contributed by atoms with Gasteiger partial charge in [0.15, 0.2) is 11.6 Å². The van der Waals surface area contributed by atoms with Crippen LogP contribution in [0.2, 0.25) is 0 Å². The van der Waals surface area contributed by atoms with Crippen molar-refractivity contribution in [3.05, 3.63) is 69.5 Å². The first-order valence-corrected chi connectivity index (χ1v) is 11.9. The zero-order valence-corrected chi connectivity index (χ0v) is 20.4. The van der Waals surface area contributed by atoms with Crippen molar-refractivity contribution in [1.29, 1.82) is 0 Å². The summed E-state index contributed by atoms with van der Waals surface area (Å²) in [6, 6.07) is 10.4. The highest BCUT2D eigenvalue weighted by Gasteiger charge is 2.46. The van der Waals surface area contributed by atoms with E-state index in [9.17, 15) is 19.1 Å². The summed E-state index contributed by atoms with van der Waals surface area (Å²) in [4.78, 5) is 29.9. The van der Waals surface area contributed by atoms with Crippen LogP contribution in [0.15, 0.2) is 52.5 Å². The van der Waals surface area contributed by atoms with E-state index < -0.39 is 29.3 Å². The molecule has 2 aliphatic rings. The number of carbonyl (C=O) groups excluding carboxylic acids is 2. The van der Waals surface area contributed by atoms with Gasteiger partial charge in [-0.05, 0) is 42.3 Å². The van der Waals surface area contributed by atoms with Crippen LogP contribution in [0.1, 0.15) is 23.6 Å². The summed E-state index contributed by atoms with van der Waals surface area (Å²) in [5.41, 5.74) is 0.721. The molecule has 2 aromatic rings. The Balaban J connectivity index is 1.69. The standard InChI is InChI=1S/C25H26BrFN2O5/c1-33-20-7-6-17(15-19(20)27)23(30)21-22(16-4-2-5-18(26)14-16)29(25(32)24(21)31)9-3-8-28-10-12-34-13-11-28/h2,4-7,14-15,22,30H,3,8-13H2,1H3/t22-/m0/s1. The van der Waals surface area contributed by atoms with Crippen LogP contribution in [0.4, 0.5) is 4.39 Å². The minimum atomic E-state index is -0.787. The maximum Gasteiger partial charge on any atom is 0.295 e. The van der Waals surface area contributed by atoms with Crippen LogP contribution in [0, 0.1) is 5.82 Å². The second-order valence-corrected chi connectivity index (χ2v) is 9.12. The molecular formula is C25H26BrFN2O5. The lowest BCUT2D eigenvalue weighted by Crippen LogP contribution is -2.38. The van der Waals surface area contributed by atoms with Crippen LogP contribution in [-0.2, 0) is 14.3 Å². The number of halogens is 2. The molecule has 2 aliphatic heterocycles. The van der Waals surface area contributed by atoms with Gasteiger partial charge >= 0.3 is 0 Å². The average molecular weight is 533 g/mol. The van der Waals surface area contributed by atoms with Gasteiger partial charge in [-0.1, -0.05) is 28.1 Å². The first kappa shape index (κ1) is 24.4. The molecule has 7 nitrogen and oxygen atoms in total. The first-order valence-electron chi connectivity index (χ1n) is 11.1. The van der Waals surface area contributed by atoms with Gasteiger partial charge in [-0.15, -0.1) is 0 Å². The Labute approximate surface area is 205 Å². The second kappa shape index (κ2) is 10.7. The Bertz CT molecular complexity index is 1120. The molecule has 0 unspecified atom stereocenters. The molecule has 9 heteroatoms. The van der Waals surface area contributed by atoms with E-state index in [2.05, 4.69) is 20.8 Å². The predicted octanol–water partition coefficient (Wildman–Crippen LogP) is 3.74. The van der Waals surface area contributed by atoms with Crippen molar-refractivity contribution in [3.63, 3.8) is 0 Å². The largest absolute Gasteiger partial charge is 0.507 e. The Kier molecular flexibility index (Phi) is 7.65. The van der Waals surface area contributed by atoms with Gasteiger partial charge in [-0.2, -0.15) is 0 Å². The van der Waals surface area contributed by atoms with Gasteiger partial charge in [0.25, 0.3) is 11.7 Å². The third-order valence-electron chi connectivity index (χ3n) is 6.11. The van der Waals surface area contributed by atoms with Crippen LogP contribution >= 0.6 is 15.9 Å². The van der Waals surface area contributed by atoms with Crippen molar-refractivity contribution < 1.29 is 28.6 Å². The molecule has 2 fully saturated rings. The minimum absolute atomic E-state index is 0.0173. The SMILES string of the molecule is COc1ccc(C(O)=C2C(=O)C(=O)N(CCCN3CCOCC3)[C@H]2c2cccc(Br)c2)cc1F. The molecular weight excluding hydrogens is 507 g/mol. The fourth-order valence-electron chi connectivity index (χ4n) is 4.39. The number of Topliss-reactive ketones (excluding diaryl/α,β-unsaturated/α-hetero) is 1. The molecule has 1 N–H and O–H groups in total. The number of amides is 1. The van der Waals surface area contributed by atoms with Crippen LogP contribution < -0.4 is 4.74 Å². The Morgan fingerprint density at radius 3 is 2.62 bits per heavy atom. The number of morpholine rings is 1. The normalized spacial score (nSPS) is 20.7. The molecule has 180 valence electrons. The van der Waals surface area contributed by atoms with Crippen LogP contribution in [0.5, 0.6) is 5.75 Å². The van der Waals surface area contributed by atoms with E-state index in [0.29, 0.717) is 31.7 Å². The molecule has 34 heavy (non-hydrogen) atoms. The summed E-state index contributed by atoms with van der Waals surface area (Å²) in [5.74, 6) is -2.54. The monoisotopic (exact) mass is 532 g/mol. The van der Waals surface area contributed by atoms with E-state index in [1.807, 2.05) is 12.1 Å². The topological polar surface area (TPSA) is 79.3 Å². The minimum Gasteiger partial charge on any atom is -0.507 e. The Morgan fingerprint density at radius 2 is 1.94 bits per heavy atom. The van der Waals surface area contributed by atoms with E-state index >= 15 is 0 Å². The molecule has 0 aromatic heterocycles. The summed E-state index contributed by atoms with van der Waals surface area (Å²) < 4.78 is 25.4. The number of ether oxygens (including phenoxy) is 2. The summed E-state index contributed by atoms with van der Waals surface area (Å²) >= 11 is 3.44. The quantitative estimate of drug-likeness (QED) is 0.332. The van der Waals surface area contributed by atoms with E-state index in [1.165, 1.54) is 24.1 Å². The van der Waals surface area contributed by atoms with E-state index in [4.69, 9.17) is 9.47 Å². The van der Waals surface area contributed by atoms with Crippen molar-refractivity contribution in [2.45, 2.75) is 12.5 Å². The molecule has 0 radical (unpaired) electrons. The fourth-order valence-corrected chi connectivity index (χ4v) is 4.81. The van der Waals surface area contributed by atoms with Gasteiger partial charge < -0.3 is 19.5 Å². The molecule has 0 aliphatic carbocycles. The van der Waals surface area contributed by atoms with Crippen molar-refractivity contribution >= 4 is 33.4 Å². The fraction of sp³-hybridized carbons (Fsp3) is 0.360. The van der Waals surface area contributed by atoms with Gasteiger partial charge in [-0.25, -0.2) is 4.39 Å². The third-order valence-corrected chi connectivity index (χ3v) is 6.60. The molecule has 2 aromatic carbocycles. The summed E-state index contributed by atoms with van der Waals surface area (Å²) in [7, 11) is 1.34. The number of aliphatic hydroxyl groups is 1. The predicted molar refractivity (Wildman–Crippen MR) is 128 cm³/mol. The number of hydrogen-bond acceptors (Lipinski definition) is 6. The molecule has 0 saturated carbocycles. The van der Waals surface area contributed by atoms with Crippen LogP contribution in [-0.4, -0.2) is 73.1 Å². The van der Waals surface area contributed by atoms with Gasteiger partial charge in [0, 0.05) is 36.2 Å². The Hall–Kier alpha value is -2.75. The number of methoxy groups -OCH3 is 1. The summed E-state index contributed by atoms with van der Waals surface area (Å²) in [5, 5.41) is 11.1. The van der Waals surface area contributed by atoms with Gasteiger partial charge in [0.1, 0.15) is 5.76 Å². The lowest BCUT2D eigenvalue weighted by molar-refractivity contribution is -0.140. The first-order chi connectivity index (χ1) is 16.4. The maximum absolute atomic E-state index is 14.3. The zero-order valence-electron chi connectivity index (χ0n) is 18.8. The molecule has 1 amide bonds. The van der Waals surface area contributed by atoms with Crippen molar-refractivity contribution in [3.8, 4) is 5.75 Å². The van der Waals surface area contributed by atoms with E-state index in [0.717, 1.165) is 30.2 Å². The number of carbonyl (C=O) groups is 2. The number of hydrogen-bond donors (Lipinski definition) is 1.